The average molecular weight is 733 g/mol. The number of aromatic nitrogens is 4. The van der Waals surface area contributed by atoms with Gasteiger partial charge in [-0.1, -0.05) is 72.8 Å². The lowest BCUT2D eigenvalue weighted by Crippen LogP contribution is -2.41. The third-order valence-corrected chi connectivity index (χ3v) is 8.77. The molecule has 7 rings (SSSR count). The molecule has 1 saturated heterocycles. The Morgan fingerprint density at radius 3 is 1.50 bits per heavy atom. The quantitative estimate of drug-likeness (QED) is 0.136. The first-order valence-electron chi connectivity index (χ1n) is 15.8. The maximum atomic E-state index is 9.38. The first kappa shape index (κ1) is 36.0. The zero-order valence-corrected chi connectivity index (χ0v) is 29.7. The second-order valence-corrected chi connectivity index (χ2v) is 13.1. The standard InChI is InChI=1S/C16H13N3O.C12H17BO3.C10H8BrN3/c17-14-10-18-15(12-6-8-13(20)9-7-12)16(19-14)11-4-2-1-3-5-11;1-11(2)12(3,4)16-13(15-11)9-5-7-10(14)8-6-9;11-10-9(14-8(12)6-13-10)7-4-2-1-3-5-7/h1-10,20H,(H2,17,19);5-8,14H,1-4H3;1-6H,(H2,12,14). The number of nitrogens with zero attached hydrogens (tertiary/aromatic N) is 4. The summed E-state index contributed by atoms with van der Waals surface area (Å²) in [6, 6.07) is 33.3. The first-order valence-corrected chi connectivity index (χ1v) is 16.6. The van der Waals surface area contributed by atoms with Crippen LogP contribution < -0.4 is 16.9 Å². The average Bonchev–Trinajstić information content (AvgIpc) is 3.33. The summed E-state index contributed by atoms with van der Waals surface area (Å²) >= 11 is 3.34. The Morgan fingerprint density at radius 2 is 0.980 bits per heavy atom. The number of hydrogen-bond donors (Lipinski definition) is 4. The van der Waals surface area contributed by atoms with Gasteiger partial charge < -0.3 is 31.0 Å². The third-order valence-electron chi connectivity index (χ3n) is 8.19. The summed E-state index contributed by atoms with van der Waals surface area (Å²) in [6.45, 7) is 8.08. The van der Waals surface area contributed by atoms with E-state index in [4.69, 9.17) is 20.8 Å². The van der Waals surface area contributed by atoms with Gasteiger partial charge in [0.15, 0.2) is 0 Å². The van der Waals surface area contributed by atoms with Crippen molar-refractivity contribution in [1.29, 1.82) is 0 Å². The van der Waals surface area contributed by atoms with Crippen LogP contribution in [0, 0.1) is 0 Å². The van der Waals surface area contributed by atoms with E-state index in [0.29, 0.717) is 16.2 Å². The normalized spacial score (nSPS) is 14.1. The molecule has 0 aliphatic carbocycles. The molecule has 6 N–H and O–H groups in total. The molecule has 10 nitrogen and oxygen atoms in total. The van der Waals surface area contributed by atoms with Gasteiger partial charge in [0.05, 0.1) is 35.0 Å². The van der Waals surface area contributed by atoms with Crippen LogP contribution in [-0.4, -0.2) is 48.5 Å². The first-order chi connectivity index (χ1) is 23.8. The molecular weight excluding hydrogens is 695 g/mol. The van der Waals surface area contributed by atoms with Crippen molar-refractivity contribution >= 4 is 40.1 Å². The highest BCUT2D eigenvalue weighted by atomic mass is 79.9. The van der Waals surface area contributed by atoms with Gasteiger partial charge in [0.2, 0.25) is 0 Å². The van der Waals surface area contributed by atoms with E-state index in [0.717, 1.165) is 39.2 Å². The summed E-state index contributed by atoms with van der Waals surface area (Å²) in [5.41, 5.74) is 16.7. The molecule has 4 aromatic carbocycles. The molecule has 254 valence electrons. The van der Waals surface area contributed by atoms with E-state index in [1.807, 2.05) is 113 Å². The van der Waals surface area contributed by atoms with E-state index in [2.05, 4.69) is 35.9 Å². The van der Waals surface area contributed by atoms with E-state index in [9.17, 15) is 10.2 Å². The fraction of sp³-hybridized carbons (Fsp3) is 0.158. The molecule has 0 spiro atoms. The van der Waals surface area contributed by atoms with E-state index in [1.54, 1.807) is 24.3 Å². The SMILES string of the molecule is CC1(C)OB(c2ccc(O)cc2)OC1(C)C.Nc1cnc(-c2ccc(O)cc2)c(-c2ccccc2)n1.Nc1cnc(Br)c(-c2ccccc2)n1. The number of anilines is 2. The molecule has 6 aromatic rings. The number of rotatable bonds is 4. The van der Waals surface area contributed by atoms with Gasteiger partial charge in [-0.2, -0.15) is 0 Å². The molecule has 0 saturated carbocycles. The molecular formula is C38H38BBrN6O4. The molecule has 0 bridgehead atoms. The maximum absolute atomic E-state index is 9.38. The fourth-order valence-corrected chi connectivity index (χ4v) is 5.23. The second-order valence-electron chi connectivity index (χ2n) is 12.4. The predicted octanol–water partition coefficient (Wildman–Crippen LogP) is 7.28. The molecule has 12 heteroatoms. The van der Waals surface area contributed by atoms with Gasteiger partial charge in [0.25, 0.3) is 0 Å². The van der Waals surface area contributed by atoms with Crippen LogP contribution in [0.1, 0.15) is 27.7 Å². The lowest BCUT2D eigenvalue weighted by molar-refractivity contribution is 0.00578. The van der Waals surface area contributed by atoms with Crippen molar-refractivity contribution in [1.82, 2.24) is 19.9 Å². The van der Waals surface area contributed by atoms with Crippen LogP contribution in [0.2, 0.25) is 0 Å². The van der Waals surface area contributed by atoms with Crippen molar-refractivity contribution in [3.05, 3.63) is 126 Å². The van der Waals surface area contributed by atoms with Crippen molar-refractivity contribution in [2.45, 2.75) is 38.9 Å². The Bertz CT molecular complexity index is 2000. The van der Waals surface area contributed by atoms with E-state index in [-0.39, 0.29) is 29.8 Å². The lowest BCUT2D eigenvalue weighted by atomic mass is 9.79. The molecule has 50 heavy (non-hydrogen) atoms. The topological polar surface area (TPSA) is 163 Å². The van der Waals surface area contributed by atoms with Crippen LogP contribution in [0.5, 0.6) is 11.5 Å². The number of halogens is 1. The van der Waals surface area contributed by atoms with Gasteiger partial charge in [0, 0.05) is 16.7 Å². The van der Waals surface area contributed by atoms with Crippen molar-refractivity contribution in [2.75, 3.05) is 11.5 Å². The molecule has 1 fully saturated rings. The number of phenols is 2. The molecule has 3 heterocycles. The van der Waals surface area contributed by atoms with E-state index in [1.165, 1.54) is 12.4 Å². The minimum absolute atomic E-state index is 0.221. The van der Waals surface area contributed by atoms with Gasteiger partial charge in [-0.3, -0.25) is 4.98 Å². The summed E-state index contributed by atoms with van der Waals surface area (Å²) in [5.74, 6) is 1.28. The summed E-state index contributed by atoms with van der Waals surface area (Å²) in [5, 5.41) is 18.6. The highest BCUT2D eigenvalue weighted by Crippen LogP contribution is 2.36. The highest BCUT2D eigenvalue weighted by molar-refractivity contribution is 9.10. The van der Waals surface area contributed by atoms with Gasteiger partial charge in [-0.05, 0) is 85.5 Å². The molecule has 0 amide bonds. The van der Waals surface area contributed by atoms with Crippen LogP contribution in [0.3, 0.4) is 0 Å². The third kappa shape index (κ3) is 8.83. The fourth-order valence-electron chi connectivity index (χ4n) is 4.81. The molecule has 1 aliphatic heterocycles. The summed E-state index contributed by atoms with van der Waals surface area (Å²) in [4.78, 5) is 17.1. The Labute approximate surface area is 300 Å². The van der Waals surface area contributed by atoms with Gasteiger partial charge in [-0.15, -0.1) is 0 Å². The second kappa shape index (κ2) is 15.5. The van der Waals surface area contributed by atoms with Crippen LogP contribution in [0.25, 0.3) is 33.8 Å². The number of aromatic hydroxyl groups is 2. The number of nitrogens with two attached hydrogens (primary N) is 2. The van der Waals surface area contributed by atoms with Gasteiger partial charge in [-0.25, -0.2) is 15.0 Å². The smallest absolute Gasteiger partial charge is 0.494 e. The van der Waals surface area contributed by atoms with Crippen LogP contribution in [0.4, 0.5) is 11.6 Å². The summed E-state index contributed by atoms with van der Waals surface area (Å²) in [7, 11) is -0.356. The van der Waals surface area contributed by atoms with Crippen LogP contribution in [-0.2, 0) is 9.31 Å². The Kier molecular flexibility index (Phi) is 11.2. The zero-order valence-electron chi connectivity index (χ0n) is 28.2. The molecule has 0 unspecified atom stereocenters. The van der Waals surface area contributed by atoms with Crippen molar-refractivity contribution in [3.63, 3.8) is 0 Å². The van der Waals surface area contributed by atoms with Crippen molar-refractivity contribution < 1.29 is 19.5 Å². The highest BCUT2D eigenvalue weighted by Gasteiger charge is 2.51. The van der Waals surface area contributed by atoms with Crippen LogP contribution >= 0.6 is 15.9 Å². The van der Waals surface area contributed by atoms with Crippen molar-refractivity contribution in [2.24, 2.45) is 0 Å². The van der Waals surface area contributed by atoms with E-state index >= 15 is 0 Å². The van der Waals surface area contributed by atoms with Crippen LogP contribution in [0.15, 0.2) is 126 Å². The molecule has 1 aliphatic rings. The Morgan fingerprint density at radius 1 is 0.560 bits per heavy atom. The summed E-state index contributed by atoms with van der Waals surface area (Å²) in [6.07, 6.45) is 3.06. The zero-order chi connectivity index (χ0) is 35.9. The number of phenolic OH excluding ortho intramolecular Hbond substituents is 2. The lowest BCUT2D eigenvalue weighted by Gasteiger charge is -2.32. The predicted molar refractivity (Wildman–Crippen MR) is 202 cm³/mol. The Balaban J connectivity index is 0.000000148. The minimum Gasteiger partial charge on any atom is -0.508 e. The number of nitrogen functional groups attached to an aromatic ring is 2. The number of hydrogen-bond acceptors (Lipinski definition) is 10. The molecule has 0 atom stereocenters. The maximum Gasteiger partial charge on any atom is 0.494 e. The minimum atomic E-state index is -0.356. The number of benzene rings is 4. The van der Waals surface area contributed by atoms with Crippen molar-refractivity contribution in [3.8, 4) is 45.3 Å². The van der Waals surface area contributed by atoms with Gasteiger partial charge >= 0.3 is 7.12 Å². The summed E-state index contributed by atoms with van der Waals surface area (Å²) < 4.78 is 12.5. The monoisotopic (exact) mass is 732 g/mol. The van der Waals surface area contributed by atoms with Gasteiger partial charge in [0.1, 0.15) is 33.4 Å². The van der Waals surface area contributed by atoms with E-state index < -0.39 is 0 Å². The molecule has 2 aromatic heterocycles. The molecule has 0 radical (unpaired) electrons. The largest absolute Gasteiger partial charge is 0.508 e. The Hall–Kier alpha value is -5.30.